The molecule has 0 heterocycles. The number of ether oxygens (including phenoxy) is 1. The van der Waals surface area contributed by atoms with E-state index >= 15 is 0 Å². The lowest BCUT2D eigenvalue weighted by Gasteiger charge is -2.48. The number of unbranched alkanes of at least 4 members (excludes halogenated alkanes) is 3. The molecule has 6 heteroatoms. The zero-order valence-electron chi connectivity index (χ0n) is 24.5. The predicted molar refractivity (Wildman–Crippen MR) is 156 cm³/mol. The molecule has 2 saturated carbocycles. The fraction of sp³-hybridized carbons (Fsp3) is 0.588. The molecule has 0 radical (unpaired) electrons. The lowest BCUT2D eigenvalue weighted by Crippen LogP contribution is -2.65. The van der Waals surface area contributed by atoms with E-state index in [1.165, 1.54) is 25.3 Å². The summed E-state index contributed by atoms with van der Waals surface area (Å²) < 4.78 is 5.78. The highest BCUT2D eigenvalue weighted by Crippen LogP contribution is 2.71. The van der Waals surface area contributed by atoms with E-state index in [4.69, 9.17) is 4.74 Å². The molecule has 4 aliphatic rings. The van der Waals surface area contributed by atoms with E-state index in [0.29, 0.717) is 17.9 Å². The molecule has 218 valence electrons. The maximum Gasteiger partial charge on any atom is 0.331 e. The first kappa shape index (κ1) is 30.4. The Morgan fingerprint density at radius 1 is 1.12 bits per heavy atom. The summed E-state index contributed by atoms with van der Waals surface area (Å²) in [5, 5.41) is 34.1. The van der Waals surface area contributed by atoms with Gasteiger partial charge in [0.2, 0.25) is 0 Å². The zero-order valence-corrected chi connectivity index (χ0v) is 24.5. The van der Waals surface area contributed by atoms with Crippen molar-refractivity contribution < 1.29 is 29.6 Å². The van der Waals surface area contributed by atoms with Gasteiger partial charge in [0.1, 0.15) is 6.10 Å². The third-order valence-corrected chi connectivity index (χ3v) is 10.0. The summed E-state index contributed by atoms with van der Waals surface area (Å²) in [7, 11) is 0. The average molecular weight is 551 g/mol. The van der Waals surface area contributed by atoms with Crippen LogP contribution in [0.4, 0.5) is 0 Å². The smallest absolute Gasteiger partial charge is 0.331 e. The standard InChI is InChI=1S/C34H46O6/c1-6-7-8-9-10-11-12-13-14-15-16-17-27(36)40-31-22(2)20-33-23(3)18-26-28(32(26,4)5)25(30(33)38)19-24(21-35)29(37)34(31,33)39/h10-17,19-20,23,25-26,28-29,31,35,37,39H,6-9,18,21H2,1-5H3/b11-10+,13-12+,15-14+,17-16+. The first-order chi connectivity index (χ1) is 19.0. The number of aliphatic hydroxyl groups excluding tert-OH is 2. The summed E-state index contributed by atoms with van der Waals surface area (Å²) in [6, 6.07) is 0. The highest BCUT2D eigenvalue weighted by atomic mass is 16.6. The Kier molecular flexibility index (Phi) is 8.94. The van der Waals surface area contributed by atoms with Gasteiger partial charge in [0.25, 0.3) is 0 Å². The normalized spacial score (nSPS) is 38.4. The topological polar surface area (TPSA) is 104 Å². The van der Waals surface area contributed by atoms with E-state index in [1.54, 1.807) is 37.3 Å². The summed E-state index contributed by atoms with van der Waals surface area (Å²) >= 11 is 0. The van der Waals surface area contributed by atoms with Gasteiger partial charge < -0.3 is 20.1 Å². The van der Waals surface area contributed by atoms with Gasteiger partial charge in [-0.15, -0.1) is 0 Å². The van der Waals surface area contributed by atoms with Crippen LogP contribution in [0.3, 0.4) is 0 Å². The Hall–Kier alpha value is -2.54. The van der Waals surface area contributed by atoms with Crippen LogP contribution in [-0.4, -0.2) is 51.5 Å². The molecule has 1 spiro atoms. The quantitative estimate of drug-likeness (QED) is 0.114. The zero-order chi connectivity index (χ0) is 29.3. The molecular weight excluding hydrogens is 504 g/mol. The van der Waals surface area contributed by atoms with Crippen LogP contribution in [0.2, 0.25) is 0 Å². The van der Waals surface area contributed by atoms with Crippen molar-refractivity contribution in [1.29, 1.82) is 0 Å². The first-order valence-electron chi connectivity index (χ1n) is 14.8. The van der Waals surface area contributed by atoms with Crippen LogP contribution in [0, 0.1) is 34.5 Å². The molecule has 3 N–H and O–H groups in total. The molecule has 0 aromatic carbocycles. The van der Waals surface area contributed by atoms with Crippen molar-refractivity contribution in [3.8, 4) is 0 Å². The Morgan fingerprint density at radius 3 is 2.48 bits per heavy atom. The molecule has 40 heavy (non-hydrogen) atoms. The maximum absolute atomic E-state index is 14.3. The fourth-order valence-electron chi connectivity index (χ4n) is 7.83. The predicted octanol–water partition coefficient (Wildman–Crippen LogP) is 5.17. The van der Waals surface area contributed by atoms with Crippen LogP contribution in [0.1, 0.15) is 66.7 Å². The molecular formula is C34H46O6. The van der Waals surface area contributed by atoms with Gasteiger partial charge >= 0.3 is 5.97 Å². The lowest BCUT2D eigenvalue weighted by atomic mass is 9.59. The number of ketones is 1. The Morgan fingerprint density at radius 2 is 1.80 bits per heavy atom. The fourth-order valence-corrected chi connectivity index (χ4v) is 7.83. The number of hydrogen-bond donors (Lipinski definition) is 3. The third kappa shape index (κ3) is 4.93. The van der Waals surface area contributed by atoms with E-state index in [0.717, 1.165) is 6.42 Å². The van der Waals surface area contributed by atoms with Gasteiger partial charge in [0.05, 0.1) is 12.0 Å². The van der Waals surface area contributed by atoms with E-state index in [1.807, 2.05) is 25.2 Å². The second kappa shape index (κ2) is 11.8. The molecule has 0 aliphatic heterocycles. The highest BCUT2D eigenvalue weighted by molar-refractivity contribution is 5.95. The van der Waals surface area contributed by atoms with Crippen molar-refractivity contribution in [2.75, 3.05) is 6.61 Å². The molecule has 0 aromatic rings. The minimum Gasteiger partial charge on any atom is -0.451 e. The summed E-state index contributed by atoms with van der Waals surface area (Å²) in [5.41, 5.74) is -2.86. The lowest BCUT2D eigenvalue weighted by molar-refractivity contribution is -0.201. The SMILES string of the molecule is CCCCC/C=C/C=C/C=C/C=C/C(=O)OC1C(C)=CC23C(=O)C(C=C(CO)C(O)C12O)C1C(CC3C)C1(C)C. The van der Waals surface area contributed by atoms with Crippen LogP contribution in [0.15, 0.2) is 71.9 Å². The van der Waals surface area contributed by atoms with Crippen LogP contribution < -0.4 is 0 Å². The minimum atomic E-state index is -2.12. The third-order valence-electron chi connectivity index (χ3n) is 10.0. The summed E-state index contributed by atoms with van der Waals surface area (Å²) in [6.45, 7) is 9.66. The average Bonchev–Trinajstić information content (AvgIpc) is 3.40. The van der Waals surface area contributed by atoms with Crippen molar-refractivity contribution >= 4 is 11.8 Å². The molecule has 6 nitrogen and oxygen atoms in total. The van der Waals surface area contributed by atoms with Gasteiger partial charge in [-0.2, -0.15) is 0 Å². The number of carbonyl (C=O) groups excluding carboxylic acids is 2. The maximum atomic E-state index is 14.3. The van der Waals surface area contributed by atoms with E-state index in [-0.39, 0.29) is 28.6 Å². The van der Waals surface area contributed by atoms with Gasteiger partial charge in [0, 0.05) is 12.0 Å². The molecule has 4 rings (SSSR count). The number of fused-ring (bicyclic) bond motifs is 3. The van der Waals surface area contributed by atoms with Crippen molar-refractivity contribution in [3.63, 3.8) is 0 Å². The Bertz CT molecular complexity index is 1170. The molecule has 0 aromatic heterocycles. The molecule has 8 atom stereocenters. The number of allylic oxidation sites excluding steroid dienone is 8. The number of Topliss-reactive ketones (excluding diaryl/α,β-unsaturated/α-hetero) is 1. The van der Waals surface area contributed by atoms with Gasteiger partial charge in [-0.1, -0.05) is 95.2 Å². The van der Waals surface area contributed by atoms with Crippen molar-refractivity contribution in [3.05, 3.63) is 71.9 Å². The first-order valence-corrected chi connectivity index (χ1v) is 14.8. The summed E-state index contributed by atoms with van der Waals surface area (Å²) in [4.78, 5) is 27.2. The van der Waals surface area contributed by atoms with Gasteiger partial charge in [0.15, 0.2) is 17.5 Å². The van der Waals surface area contributed by atoms with E-state index in [9.17, 15) is 24.9 Å². The molecule has 0 saturated heterocycles. The van der Waals surface area contributed by atoms with E-state index < -0.39 is 41.7 Å². The molecule has 8 unspecified atom stereocenters. The van der Waals surface area contributed by atoms with Crippen LogP contribution >= 0.6 is 0 Å². The number of aliphatic hydroxyl groups is 3. The van der Waals surface area contributed by atoms with E-state index in [2.05, 4.69) is 26.8 Å². The Balaban J connectivity index is 1.53. The van der Waals surface area contributed by atoms with Crippen LogP contribution in [-0.2, 0) is 14.3 Å². The van der Waals surface area contributed by atoms with Crippen LogP contribution in [0.5, 0.6) is 0 Å². The largest absolute Gasteiger partial charge is 0.451 e. The second-order valence-electron chi connectivity index (χ2n) is 12.7. The minimum absolute atomic E-state index is 0.0394. The van der Waals surface area contributed by atoms with Gasteiger partial charge in [-0.25, -0.2) is 4.79 Å². The molecule has 2 bridgehead atoms. The number of hydrogen-bond acceptors (Lipinski definition) is 6. The monoisotopic (exact) mass is 550 g/mol. The summed E-state index contributed by atoms with van der Waals surface area (Å²) in [6.07, 6.45) is 20.3. The number of rotatable bonds is 10. The van der Waals surface area contributed by atoms with Gasteiger partial charge in [-0.05, 0) is 60.5 Å². The highest BCUT2D eigenvalue weighted by Gasteiger charge is 2.76. The second-order valence-corrected chi connectivity index (χ2v) is 12.7. The molecule has 0 amide bonds. The Labute approximate surface area is 238 Å². The van der Waals surface area contributed by atoms with Crippen molar-refractivity contribution in [2.45, 2.75) is 84.5 Å². The number of esters is 1. The molecule has 4 aliphatic carbocycles. The summed E-state index contributed by atoms with van der Waals surface area (Å²) in [5.74, 6) is -1.30. The molecule has 2 fully saturated rings. The van der Waals surface area contributed by atoms with Crippen LogP contribution in [0.25, 0.3) is 0 Å². The van der Waals surface area contributed by atoms with Crippen molar-refractivity contribution in [2.24, 2.45) is 34.5 Å². The van der Waals surface area contributed by atoms with Gasteiger partial charge in [-0.3, -0.25) is 4.79 Å². The van der Waals surface area contributed by atoms with Crippen molar-refractivity contribution in [1.82, 2.24) is 0 Å². The number of carbonyl (C=O) groups is 2.